The maximum absolute atomic E-state index is 13.0. The number of fused-ring (bicyclic) bond motifs is 2. The molecule has 0 radical (unpaired) electrons. The molecule has 8 heteroatoms. The SMILES string of the molecule is CCNc1c(C)cc2c(-c3ccccc3C(=O)OCC)c3cc(C)c(=[NH+]CC)c(Br)c-3oc2c1Br.[Cl-]. The predicted octanol–water partition coefficient (Wildman–Crippen LogP) is 2.96. The maximum Gasteiger partial charge on any atom is 0.338 e. The van der Waals surface area contributed by atoms with Gasteiger partial charge in [0.05, 0.1) is 22.3 Å². The fourth-order valence-electron chi connectivity index (χ4n) is 4.50. The van der Waals surface area contributed by atoms with Gasteiger partial charge in [0, 0.05) is 28.6 Å². The second kappa shape index (κ2) is 11.8. The van der Waals surface area contributed by atoms with E-state index < -0.39 is 0 Å². The zero-order valence-electron chi connectivity index (χ0n) is 20.9. The van der Waals surface area contributed by atoms with Crippen LogP contribution >= 0.6 is 31.9 Å². The third-order valence-corrected chi connectivity index (χ3v) is 7.49. The topological polar surface area (TPSA) is 65.4 Å². The summed E-state index contributed by atoms with van der Waals surface area (Å²) < 4.78 is 13.7. The molecule has 36 heavy (non-hydrogen) atoms. The number of hydrogen-bond donors (Lipinski definition) is 2. The van der Waals surface area contributed by atoms with E-state index >= 15 is 0 Å². The number of hydrogen-bond acceptors (Lipinski definition) is 4. The molecule has 0 saturated carbocycles. The summed E-state index contributed by atoms with van der Waals surface area (Å²) in [4.78, 5) is 16.4. The van der Waals surface area contributed by atoms with Gasteiger partial charge in [0.2, 0.25) is 5.36 Å². The number of esters is 1. The van der Waals surface area contributed by atoms with Crippen LogP contribution in [0.4, 0.5) is 5.69 Å². The highest BCUT2D eigenvalue weighted by Gasteiger charge is 2.27. The molecule has 0 atom stereocenters. The number of aryl methyl sites for hydroxylation is 2. The van der Waals surface area contributed by atoms with Crippen LogP contribution in [0.5, 0.6) is 0 Å². The first-order chi connectivity index (χ1) is 16.8. The highest BCUT2D eigenvalue weighted by molar-refractivity contribution is 9.11. The van der Waals surface area contributed by atoms with Crippen molar-refractivity contribution in [3.63, 3.8) is 0 Å². The molecule has 0 unspecified atom stereocenters. The number of carbonyl (C=O) groups is 1. The molecule has 1 aliphatic heterocycles. The van der Waals surface area contributed by atoms with Crippen LogP contribution in [0, 0.1) is 13.8 Å². The molecule has 0 saturated heterocycles. The van der Waals surface area contributed by atoms with Crippen molar-refractivity contribution in [1.82, 2.24) is 0 Å². The first-order valence-corrected chi connectivity index (χ1v) is 13.4. The summed E-state index contributed by atoms with van der Waals surface area (Å²) in [5.41, 5.74) is 7.04. The Morgan fingerprint density at radius 1 is 1.03 bits per heavy atom. The summed E-state index contributed by atoms with van der Waals surface area (Å²) in [6.45, 7) is 12.0. The Balaban J connectivity index is 0.00000361. The molecular weight excluding hydrogens is 608 g/mol. The molecule has 0 bridgehead atoms. The fraction of sp³-hybridized carbons (Fsp3) is 0.286. The van der Waals surface area contributed by atoms with Crippen LogP contribution in [0.15, 0.2) is 49.8 Å². The van der Waals surface area contributed by atoms with Crippen LogP contribution in [0.1, 0.15) is 42.3 Å². The number of rotatable bonds is 6. The minimum atomic E-state index is -0.342. The highest BCUT2D eigenvalue weighted by atomic mass is 79.9. The smallest absolute Gasteiger partial charge is 0.338 e. The lowest BCUT2D eigenvalue weighted by molar-refractivity contribution is -0.497. The van der Waals surface area contributed by atoms with Crippen LogP contribution in [-0.4, -0.2) is 25.7 Å². The molecule has 5 nitrogen and oxygen atoms in total. The van der Waals surface area contributed by atoms with Gasteiger partial charge < -0.3 is 26.9 Å². The van der Waals surface area contributed by atoms with E-state index in [4.69, 9.17) is 9.15 Å². The van der Waals surface area contributed by atoms with Gasteiger partial charge in [0.15, 0.2) is 11.3 Å². The molecule has 190 valence electrons. The third-order valence-electron chi connectivity index (χ3n) is 5.98. The summed E-state index contributed by atoms with van der Waals surface area (Å²) in [5, 5.41) is 5.35. The minimum Gasteiger partial charge on any atom is -1.00 e. The average Bonchev–Trinajstić information content (AvgIpc) is 2.84. The number of anilines is 1. The Hall–Kier alpha value is -2.35. The summed E-state index contributed by atoms with van der Waals surface area (Å²) in [6.07, 6.45) is 0. The van der Waals surface area contributed by atoms with E-state index in [9.17, 15) is 4.79 Å². The molecule has 2 N–H and O–H groups in total. The quantitative estimate of drug-likeness (QED) is 0.253. The summed E-state index contributed by atoms with van der Waals surface area (Å²) in [6, 6.07) is 11.9. The van der Waals surface area contributed by atoms with Crippen LogP contribution in [0.25, 0.3) is 33.4 Å². The van der Waals surface area contributed by atoms with Gasteiger partial charge in [-0.15, -0.1) is 0 Å². The van der Waals surface area contributed by atoms with Crippen molar-refractivity contribution in [2.75, 3.05) is 25.0 Å². The highest BCUT2D eigenvalue weighted by Crippen LogP contribution is 2.47. The zero-order chi connectivity index (χ0) is 25.3. The van der Waals surface area contributed by atoms with Gasteiger partial charge in [-0.1, -0.05) is 18.2 Å². The molecule has 0 fully saturated rings. The largest absolute Gasteiger partial charge is 1.00 e. The normalized spacial score (nSPS) is 11.6. The number of ether oxygens (including phenoxy) is 1. The van der Waals surface area contributed by atoms with Gasteiger partial charge in [0.1, 0.15) is 11.0 Å². The molecule has 1 aliphatic carbocycles. The number of benzene rings is 3. The van der Waals surface area contributed by atoms with Crippen LogP contribution in [0.2, 0.25) is 0 Å². The van der Waals surface area contributed by atoms with Gasteiger partial charge in [-0.2, -0.15) is 0 Å². The van der Waals surface area contributed by atoms with Gasteiger partial charge in [-0.05, 0) is 95.8 Å². The van der Waals surface area contributed by atoms with E-state index in [2.05, 4.69) is 82.0 Å². The van der Waals surface area contributed by atoms with Gasteiger partial charge in [0.25, 0.3) is 0 Å². The Morgan fingerprint density at radius 2 is 1.75 bits per heavy atom. The molecule has 4 rings (SSSR count). The molecular formula is C28H29Br2ClN2O3. The van der Waals surface area contributed by atoms with E-state index in [0.29, 0.717) is 23.5 Å². The molecule has 0 amide bonds. The Morgan fingerprint density at radius 3 is 2.42 bits per heavy atom. The molecule has 0 spiro atoms. The lowest BCUT2D eigenvalue weighted by Crippen LogP contribution is -3.00. The lowest BCUT2D eigenvalue weighted by Gasteiger charge is -2.21. The van der Waals surface area contributed by atoms with Crippen molar-refractivity contribution in [3.05, 3.63) is 67.4 Å². The molecule has 1 heterocycles. The van der Waals surface area contributed by atoms with Crippen molar-refractivity contribution < 1.29 is 31.3 Å². The van der Waals surface area contributed by atoms with Crippen LogP contribution < -0.4 is 28.1 Å². The standard InChI is InChI=1S/C28H28Br2N2O3.ClH/c1-6-31-24-15(4)13-19-21(17-11-9-10-12-18(17)28(33)34-8-3)20-14-16(5)25(32-7-2)23(30)27(20)35-26(19)22(24)29;/h9-14,31H,6-8H2,1-5H3;1H. The first kappa shape index (κ1) is 28.2. The Kier molecular flexibility index (Phi) is 9.25. The van der Waals surface area contributed by atoms with Crippen molar-refractivity contribution in [1.29, 1.82) is 0 Å². The Bertz CT molecular complexity index is 1480. The van der Waals surface area contributed by atoms with Gasteiger partial charge >= 0.3 is 5.97 Å². The van der Waals surface area contributed by atoms with Crippen LogP contribution in [-0.2, 0) is 4.74 Å². The summed E-state index contributed by atoms with van der Waals surface area (Å²) in [7, 11) is 0. The maximum atomic E-state index is 13.0. The van der Waals surface area contributed by atoms with Gasteiger partial charge in [-0.3, -0.25) is 0 Å². The van der Waals surface area contributed by atoms with Crippen molar-refractivity contribution in [2.24, 2.45) is 0 Å². The van der Waals surface area contributed by atoms with E-state index in [0.717, 1.165) is 66.3 Å². The molecule has 2 aromatic carbocycles. The lowest BCUT2D eigenvalue weighted by atomic mass is 9.89. The fourth-order valence-corrected chi connectivity index (χ4v) is 6.00. The summed E-state index contributed by atoms with van der Waals surface area (Å²) >= 11 is 7.62. The van der Waals surface area contributed by atoms with E-state index in [1.807, 2.05) is 31.2 Å². The first-order valence-electron chi connectivity index (χ1n) is 11.8. The molecule has 0 aromatic heterocycles. The van der Waals surface area contributed by atoms with Crippen molar-refractivity contribution in [2.45, 2.75) is 34.6 Å². The number of halogens is 3. The second-order valence-electron chi connectivity index (χ2n) is 8.32. The molecule has 2 aliphatic rings. The average molecular weight is 637 g/mol. The Labute approximate surface area is 234 Å². The predicted molar refractivity (Wildman–Crippen MR) is 148 cm³/mol. The second-order valence-corrected chi connectivity index (χ2v) is 9.91. The third kappa shape index (κ3) is 4.93. The number of carbonyl (C=O) groups excluding carboxylic acids is 1. The van der Waals surface area contributed by atoms with Gasteiger partial charge in [-0.25, -0.2) is 9.79 Å². The van der Waals surface area contributed by atoms with Crippen molar-refractivity contribution >= 4 is 54.5 Å². The number of nitrogens with one attached hydrogen (secondary N) is 2. The van der Waals surface area contributed by atoms with E-state index in [-0.39, 0.29) is 18.4 Å². The van der Waals surface area contributed by atoms with E-state index in [1.165, 1.54) is 0 Å². The van der Waals surface area contributed by atoms with E-state index in [1.54, 1.807) is 0 Å². The molecule has 2 aromatic rings. The van der Waals surface area contributed by atoms with Crippen molar-refractivity contribution in [3.8, 4) is 22.5 Å². The summed E-state index contributed by atoms with van der Waals surface area (Å²) in [5.74, 6) is 0.366. The monoisotopic (exact) mass is 634 g/mol. The zero-order valence-corrected chi connectivity index (χ0v) is 24.9. The minimum absolute atomic E-state index is 0. The van der Waals surface area contributed by atoms with Crippen LogP contribution in [0.3, 0.4) is 0 Å².